The highest BCUT2D eigenvalue weighted by molar-refractivity contribution is 8.00. The summed E-state index contributed by atoms with van der Waals surface area (Å²) in [5.41, 5.74) is 1.19. The third kappa shape index (κ3) is 4.31. The van der Waals surface area contributed by atoms with Gasteiger partial charge in [0.2, 0.25) is 0 Å². The highest BCUT2D eigenvalue weighted by Crippen LogP contribution is 2.36. The van der Waals surface area contributed by atoms with E-state index in [4.69, 9.17) is 4.74 Å². The van der Waals surface area contributed by atoms with Crippen LogP contribution in [0, 0.1) is 0 Å². The number of pyridine rings is 1. The molecule has 32 heavy (non-hydrogen) atoms. The van der Waals surface area contributed by atoms with Gasteiger partial charge in [-0.1, -0.05) is 12.1 Å². The summed E-state index contributed by atoms with van der Waals surface area (Å²) in [7, 11) is 1.44. The van der Waals surface area contributed by atoms with Crippen molar-refractivity contribution in [1.29, 1.82) is 0 Å². The van der Waals surface area contributed by atoms with Gasteiger partial charge >= 0.3 is 5.97 Å². The number of hydrogen-bond donors (Lipinski definition) is 1. The van der Waals surface area contributed by atoms with E-state index < -0.39 is 5.97 Å². The summed E-state index contributed by atoms with van der Waals surface area (Å²) in [6.07, 6.45) is 6.32. The van der Waals surface area contributed by atoms with Crippen molar-refractivity contribution in [1.82, 2.24) is 24.9 Å². The molecule has 3 heterocycles. The van der Waals surface area contributed by atoms with E-state index in [1.807, 2.05) is 30.0 Å². The number of benzene rings is 1. The average molecular weight is 454 g/mol. The second-order valence-corrected chi connectivity index (χ2v) is 8.75. The fourth-order valence-electron chi connectivity index (χ4n) is 3.82. The third-order valence-electron chi connectivity index (χ3n) is 5.46. The molecule has 1 N–H and O–H groups in total. The van der Waals surface area contributed by atoms with Gasteiger partial charge < -0.3 is 14.7 Å². The molecule has 0 saturated carbocycles. The van der Waals surface area contributed by atoms with E-state index in [1.54, 1.807) is 18.5 Å². The van der Waals surface area contributed by atoms with Crippen LogP contribution >= 0.6 is 11.8 Å². The molecule has 0 bridgehead atoms. The first-order chi connectivity index (χ1) is 15.5. The van der Waals surface area contributed by atoms with E-state index >= 15 is 0 Å². The maximum atomic E-state index is 13.5. The van der Waals surface area contributed by atoms with E-state index in [-0.39, 0.29) is 28.5 Å². The van der Waals surface area contributed by atoms with Crippen molar-refractivity contribution < 1.29 is 19.4 Å². The van der Waals surface area contributed by atoms with E-state index in [0.717, 1.165) is 12.8 Å². The van der Waals surface area contributed by atoms with Crippen LogP contribution in [0.1, 0.15) is 40.5 Å². The zero-order valence-electron chi connectivity index (χ0n) is 17.7. The molecule has 10 heteroatoms. The summed E-state index contributed by atoms with van der Waals surface area (Å²) in [6, 6.07) is 8.84. The quantitative estimate of drug-likeness (QED) is 0.606. The number of aromatic nitrogens is 4. The van der Waals surface area contributed by atoms with Crippen LogP contribution in [-0.4, -0.2) is 66.8 Å². The van der Waals surface area contributed by atoms with Crippen molar-refractivity contribution in [3.8, 4) is 11.4 Å². The van der Waals surface area contributed by atoms with Crippen LogP contribution in [0.5, 0.6) is 5.75 Å². The van der Waals surface area contributed by atoms with Gasteiger partial charge in [0.05, 0.1) is 30.8 Å². The normalized spacial score (nSPS) is 18.4. The Morgan fingerprint density at radius 3 is 2.59 bits per heavy atom. The van der Waals surface area contributed by atoms with Crippen LogP contribution in [0.15, 0.2) is 53.9 Å². The number of rotatable bonds is 6. The molecule has 0 unspecified atom stereocenters. The predicted molar refractivity (Wildman–Crippen MR) is 118 cm³/mol. The van der Waals surface area contributed by atoms with Crippen LogP contribution in [0.3, 0.4) is 0 Å². The van der Waals surface area contributed by atoms with Gasteiger partial charge in [-0.3, -0.25) is 4.79 Å². The minimum atomic E-state index is -1.09. The molecule has 3 aromatic rings. The molecule has 9 nitrogen and oxygen atoms in total. The number of ether oxygens (including phenoxy) is 1. The number of nitrogens with zero attached hydrogens (tertiary/aromatic N) is 5. The Hall–Kier alpha value is -3.40. The van der Waals surface area contributed by atoms with Crippen molar-refractivity contribution in [2.75, 3.05) is 13.7 Å². The summed E-state index contributed by atoms with van der Waals surface area (Å²) >= 11 is 1.37. The van der Waals surface area contributed by atoms with Crippen LogP contribution in [-0.2, 0) is 0 Å². The van der Waals surface area contributed by atoms with Crippen molar-refractivity contribution >= 4 is 23.6 Å². The maximum Gasteiger partial charge on any atom is 0.342 e. The lowest BCUT2D eigenvalue weighted by atomic mass is 10.0. The number of likely N-dealkylation sites (tertiary alicyclic amines) is 1. The highest BCUT2D eigenvalue weighted by Gasteiger charge is 2.32. The van der Waals surface area contributed by atoms with Gasteiger partial charge in [-0.2, -0.15) is 15.0 Å². The number of methoxy groups -OCH3 is 1. The third-order valence-corrected chi connectivity index (χ3v) is 6.71. The Balaban J connectivity index is 1.58. The first-order valence-corrected chi connectivity index (χ1v) is 11.1. The van der Waals surface area contributed by atoms with Crippen molar-refractivity contribution in [2.24, 2.45) is 0 Å². The van der Waals surface area contributed by atoms with E-state index in [0.29, 0.717) is 22.8 Å². The fraction of sp³-hybridized carbons (Fsp3) is 0.318. The number of amides is 1. The largest absolute Gasteiger partial charge is 0.496 e. The minimum absolute atomic E-state index is 0.00264. The Morgan fingerprint density at radius 1 is 1.12 bits per heavy atom. The van der Waals surface area contributed by atoms with Crippen LogP contribution in [0.2, 0.25) is 0 Å². The van der Waals surface area contributed by atoms with Gasteiger partial charge in [0.1, 0.15) is 16.3 Å². The molecule has 1 saturated heterocycles. The Morgan fingerprint density at radius 2 is 1.88 bits per heavy atom. The monoisotopic (exact) mass is 453 g/mol. The molecule has 0 aliphatic carbocycles. The number of carboxylic acid groups (broad SMARTS) is 1. The molecule has 1 fully saturated rings. The standard InChI is InChI=1S/C22H23N5O4S/c1-14-7-8-15(32-20-19(22(29)30)18(31-2)9-10-23-20)13-26(14)21(28)16-5-3-4-6-17(16)27-24-11-12-25-27/h3-6,9-12,14-15H,7-8,13H2,1-2H3,(H,29,30)/t14-,15-/m1/s1. The molecular formula is C22H23N5O4S. The summed E-state index contributed by atoms with van der Waals surface area (Å²) in [5.74, 6) is -0.921. The van der Waals surface area contributed by atoms with Crippen LogP contribution in [0.4, 0.5) is 0 Å². The highest BCUT2D eigenvalue weighted by atomic mass is 32.2. The lowest BCUT2D eigenvalue weighted by Crippen LogP contribution is -2.47. The number of piperidine rings is 1. The van der Waals surface area contributed by atoms with Gasteiger partial charge in [0.25, 0.3) is 5.91 Å². The number of para-hydroxylation sites is 1. The molecule has 2 atom stereocenters. The number of carbonyl (C=O) groups is 2. The summed E-state index contributed by atoms with van der Waals surface area (Å²) < 4.78 is 5.21. The number of hydrogen-bond acceptors (Lipinski definition) is 7. The van der Waals surface area contributed by atoms with Gasteiger partial charge in [-0.25, -0.2) is 9.78 Å². The zero-order valence-corrected chi connectivity index (χ0v) is 18.5. The molecule has 166 valence electrons. The molecule has 1 aromatic carbocycles. The summed E-state index contributed by atoms with van der Waals surface area (Å²) in [6.45, 7) is 2.50. The SMILES string of the molecule is COc1ccnc(S[C@@H]2CC[C@@H](C)N(C(=O)c3ccccc3-n3nccn3)C2)c1C(=O)O. The number of aromatic carboxylic acids is 1. The van der Waals surface area contributed by atoms with Gasteiger partial charge in [0.15, 0.2) is 0 Å². The molecule has 1 aliphatic rings. The van der Waals surface area contributed by atoms with E-state index in [9.17, 15) is 14.7 Å². The van der Waals surface area contributed by atoms with E-state index in [2.05, 4.69) is 15.2 Å². The summed E-state index contributed by atoms with van der Waals surface area (Å²) in [4.78, 5) is 32.9. The van der Waals surface area contributed by atoms with Crippen molar-refractivity contribution in [3.63, 3.8) is 0 Å². The number of carbonyl (C=O) groups excluding carboxylic acids is 1. The van der Waals surface area contributed by atoms with Crippen molar-refractivity contribution in [2.45, 2.75) is 36.1 Å². The molecule has 1 amide bonds. The Kier molecular flexibility index (Phi) is 6.40. The van der Waals surface area contributed by atoms with E-state index in [1.165, 1.54) is 35.9 Å². The number of carboxylic acids is 1. The van der Waals surface area contributed by atoms with Crippen LogP contribution in [0.25, 0.3) is 5.69 Å². The zero-order chi connectivity index (χ0) is 22.7. The average Bonchev–Trinajstić information content (AvgIpc) is 3.34. The second-order valence-electron chi connectivity index (χ2n) is 7.46. The second kappa shape index (κ2) is 9.39. The molecule has 0 spiro atoms. The predicted octanol–water partition coefficient (Wildman–Crippen LogP) is 3.15. The molecule has 2 aromatic heterocycles. The lowest BCUT2D eigenvalue weighted by Gasteiger charge is -2.38. The Labute approximate surface area is 189 Å². The van der Waals surface area contributed by atoms with Gasteiger partial charge in [0, 0.05) is 24.0 Å². The first-order valence-electron chi connectivity index (χ1n) is 10.2. The Bertz CT molecular complexity index is 1120. The topological polar surface area (TPSA) is 110 Å². The van der Waals surface area contributed by atoms with Crippen molar-refractivity contribution in [3.05, 3.63) is 60.0 Å². The van der Waals surface area contributed by atoms with Gasteiger partial charge in [-0.05, 0) is 38.0 Å². The summed E-state index contributed by atoms with van der Waals surface area (Å²) in [5, 5.41) is 18.4. The molecule has 1 aliphatic heterocycles. The first kappa shape index (κ1) is 21.8. The molecule has 0 radical (unpaired) electrons. The number of thioether (sulfide) groups is 1. The van der Waals surface area contributed by atoms with Crippen LogP contribution < -0.4 is 4.74 Å². The molecular weight excluding hydrogens is 430 g/mol. The van der Waals surface area contributed by atoms with Gasteiger partial charge in [-0.15, -0.1) is 11.8 Å². The maximum absolute atomic E-state index is 13.5. The molecule has 4 rings (SSSR count). The smallest absolute Gasteiger partial charge is 0.342 e. The fourth-order valence-corrected chi connectivity index (χ4v) is 5.05. The minimum Gasteiger partial charge on any atom is -0.496 e. The lowest BCUT2D eigenvalue weighted by molar-refractivity contribution is 0.0638.